The summed E-state index contributed by atoms with van der Waals surface area (Å²) in [5, 5.41) is 11.2. The van der Waals surface area contributed by atoms with Crippen LogP contribution in [0, 0.1) is 15.9 Å². The molecule has 0 aromatic heterocycles. The van der Waals surface area contributed by atoms with Crippen molar-refractivity contribution in [1.29, 1.82) is 0 Å². The number of nitro benzene ring substituents is 1. The van der Waals surface area contributed by atoms with Crippen LogP contribution in [0.2, 0.25) is 0 Å². The van der Waals surface area contributed by atoms with Crippen molar-refractivity contribution in [2.24, 2.45) is 0 Å². The Hall–Kier alpha value is -2.36. The van der Waals surface area contributed by atoms with Crippen molar-refractivity contribution >= 4 is 15.7 Å². The average Bonchev–Trinajstić information content (AvgIpc) is 2.58. The fourth-order valence-corrected chi connectivity index (χ4v) is 3.98. The second-order valence-electron chi connectivity index (χ2n) is 6.00. The van der Waals surface area contributed by atoms with E-state index in [0.29, 0.717) is 12.1 Å². The summed E-state index contributed by atoms with van der Waals surface area (Å²) < 4.78 is 40.7. The van der Waals surface area contributed by atoms with Gasteiger partial charge in [0.25, 0.3) is 5.69 Å². The Morgan fingerprint density at radius 3 is 2.38 bits per heavy atom. The van der Waals surface area contributed by atoms with Crippen LogP contribution >= 0.6 is 0 Å². The number of hydrogen-bond donors (Lipinski definition) is 0. The van der Waals surface area contributed by atoms with E-state index in [0.717, 1.165) is 10.4 Å². The van der Waals surface area contributed by atoms with Crippen LogP contribution in [0.25, 0.3) is 0 Å². The van der Waals surface area contributed by atoms with Crippen molar-refractivity contribution in [3.05, 3.63) is 70.0 Å². The van der Waals surface area contributed by atoms with Gasteiger partial charge in [-0.05, 0) is 37.9 Å². The summed E-state index contributed by atoms with van der Waals surface area (Å²) in [6.45, 7) is 0.438. The average molecular weight is 381 g/mol. The highest BCUT2D eigenvalue weighted by Gasteiger charge is 2.31. The van der Waals surface area contributed by atoms with Gasteiger partial charge in [0.05, 0.1) is 4.92 Å². The zero-order chi connectivity index (χ0) is 19.3. The zero-order valence-electron chi connectivity index (χ0n) is 14.5. The Morgan fingerprint density at radius 1 is 1.08 bits per heavy atom. The first-order valence-electron chi connectivity index (χ1n) is 7.84. The fraction of sp³-hybridized carbons (Fsp3) is 0.294. The first-order valence-corrected chi connectivity index (χ1v) is 9.28. The van der Waals surface area contributed by atoms with E-state index in [9.17, 15) is 22.9 Å². The van der Waals surface area contributed by atoms with Gasteiger partial charge in [-0.2, -0.15) is 4.31 Å². The van der Waals surface area contributed by atoms with E-state index in [1.807, 2.05) is 0 Å². The SMILES string of the molecule is CN(C)CCN(Cc1cccc(F)c1)S(=O)(=O)c1ccccc1[N+](=O)[O-]. The van der Waals surface area contributed by atoms with Crippen LogP contribution in [0.4, 0.5) is 10.1 Å². The lowest BCUT2D eigenvalue weighted by atomic mass is 10.2. The van der Waals surface area contributed by atoms with Crippen LogP contribution in [0.5, 0.6) is 0 Å². The van der Waals surface area contributed by atoms with E-state index >= 15 is 0 Å². The molecule has 0 fully saturated rings. The Kier molecular flexibility index (Phi) is 6.41. The Morgan fingerprint density at radius 2 is 1.77 bits per heavy atom. The van der Waals surface area contributed by atoms with Gasteiger partial charge in [-0.15, -0.1) is 0 Å². The minimum Gasteiger partial charge on any atom is -0.308 e. The van der Waals surface area contributed by atoms with Crippen molar-refractivity contribution < 1.29 is 17.7 Å². The molecule has 0 bridgehead atoms. The topological polar surface area (TPSA) is 83.8 Å². The van der Waals surface area contributed by atoms with Gasteiger partial charge in [0.2, 0.25) is 10.0 Å². The lowest BCUT2D eigenvalue weighted by Gasteiger charge is -2.24. The van der Waals surface area contributed by atoms with Crippen molar-refractivity contribution in [1.82, 2.24) is 9.21 Å². The molecule has 0 unspecified atom stereocenters. The van der Waals surface area contributed by atoms with Gasteiger partial charge >= 0.3 is 0 Å². The summed E-state index contributed by atoms with van der Waals surface area (Å²) in [4.78, 5) is 11.9. The lowest BCUT2D eigenvalue weighted by molar-refractivity contribution is -0.387. The van der Waals surface area contributed by atoms with Gasteiger partial charge in [0.1, 0.15) is 5.82 Å². The molecule has 0 aliphatic carbocycles. The van der Waals surface area contributed by atoms with Gasteiger partial charge < -0.3 is 4.90 Å². The predicted octanol–water partition coefficient (Wildman–Crippen LogP) is 2.49. The molecule has 7 nitrogen and oxygen atoms in total. The maximum atomic E-state index is 13.5. The summed E-state index contributed by atoms with van der Waals surface area (Å²) >= 11 is 0. The van der Waals surface area contributed by atoms with Gasteiger partial charge in [0, 0.05) is 25.7 Å². The summed E-state index contributed by atoms with van der Waals surface area (Å²) in [5.74, 6) is -0.474. The van der Waals surface area contributed by atoms with Gasteiger partial charge in [0.15, 0.2) is 4.90 Å². The molecule has 0 amide bonds. The summed E-state index contributed by atoms with van der Waals surface area (Å²) in [7, 11) is -0.562. The molecule has 26 heavy (non-hydrogen) atoms. The molecule has 2 rings (SSSR count). The number of sulfonamides is 1. The quantitative estimate of drug-likeness (QED) is 0.518. The molecule has 0 heterocycles. The van der Waals surface area contributed by atoms with Crippen LogP contribution < -0.4 is 0 Å². The summed E-state index contributed by atoms with van der Waals surface area (Å²) in [5.41, 5.74) is -0.0208. The molecule has 0 N–H and O–H groups in total. The molecule has 140 valence electrons. The third kappa shape index (κ3) is 4.84. The number of rotatable bonds is 8. The molecule has 0 atom stereocenters. The minimum atomic E-state index is -4.14. The number of hydrogen-bond acceptors (Lipinski definition) is 5. The van der Waals surface area contributed by atoms with Crippen LogP contribution in [0.15, 0.2) is 53.4 Å². The Balaban J connectivity index is 2.44. The highest BCUT2D eigenvalue weighted by Crippen LogP contribution is 2.27. The number of para-hydroxylation sites is 1. The van der Waals surface area contributed by atoms with Gasteiger partial charge in [-0.3, -0.25) is 10.1 Å². The zero-order valence-corrected chi connectivity index (χ0v) is 15.3. The number of benzene rings is 2. The van der Waals surface area contributed by atoms with E-state index < -0.39 is 26.5 Å². The first kappa shape index (κ1) is 20.0. The van der Waals surface area contributed by atoms with E-state index in [-0.39, 0.29) is 18.0 Å². The molecule has 0 aliphatic heterocycles. The lowest BCUT2D eigenvalue weighted by Crippen LogP contribution is -2.36. The smallest absolute Gasteiger partial charge is 0.289 e. The van der Waals surface area contributed by atoms with Crippen molar-refractivity contribution in [3.8, 4) is 0 Å². The van der Waals surface area contributed by atoms with Crippen LogP contribution in [0.3, 0.4) is 0 Å². The first-order chi connectivity index (χ1) is 12.2. The molecule has 2 aromatic carbocycles. The highest BCUT2D eigenvalue weighted by atomic mass is 32.2. The number of nitro groups is 1. The molecule has 0 radical (unpaired) electrons. The molecular formula is C17H20FN3O4S. The van der Waals surface area contributed by atoms with Gasteiger partial charge in [-0.1, -0.05) is 24.3 Å². The van der Waals surface area contributed by atoms with Crippen LogP contribution in [-0.2, 0) is 16.6 Å². The third-order valence-electron chi connectivity index (χ3n) is 3.72. The minimum absolute atomic E-state index is 0.0834. The monoisotopic (exact) mass is 381 g/mol. The van der Waals surface area contributed by atoms with Gasteiger partial charge in [-0.25, -0.2) is 12.8 Å². The number of likely N-dealkylation sites (N-methyl/N-ethyl adjacent to an activating group) is 1. The summed E-state index contributed by atoms with van der Waals surface area (Å²) in [6, 6.07) is 10.8. The van der Waals surface area contributed by atoms with E-state index in [2.05, 4.69) is 0 Å². The molecule has 0 aliphatic rings. The van der Waals surface area contributed by atoms with E-state index in [1.54, 1.807) is 25.1 Å². The standard InChI is InChI=1S/C17H20FN3O4S/c1-19(2)10-11-20(13-14-6-5-7-15(18)12-14)26(24,25)17-9-4-3-8-16(17)21(22)23/h3-9,12H,10-11,13H2,1-2H3. The van der Waals surface area contributed by atoms with Crippen molar-refractivity contribution in [2.45, 2.75) is 11.4 Å². The fourth-order valence-electron chi connectivity index (χ4n) is 2.40. The number of nitrogens with zero attached hydrogens (tertiary/aromatic N) is 3. The van der Waals surface area contributed by atoms with Crippen molar-refractivity contribution in [2.75, 3.05) is 27.2 Å². The third-order valence-corrected chi connectivity index (χ3v) is 5.62. The molecule has 0 saturated carbocycles. The Labute approximate surface area is 151 Å². The second kappa shape index (κ2) is 8.35. The van der Waals surface area contributed by atoms with Crippen LogP contribution in [0.1, 0.15) is 5.56 Å². The molecule has 2 aromatic rings. The maximum absolute atomic E-state index is 13.5. The largest absolute Gasteiger partial charge is 0.308 e. The Bertz CT molecular complexity index is 887. The van der Waals surface area contributed by atoms with Crippen LogP contribution in [-0.4, -0.2) is 49.7 Å². The predicted molar refractivity (Wildman–Crippen MR) is 95.6 cm³/mol. The molecule has 0 saturated heterocycles. The number of halogens is 1. The van der Waals surface area contributed by atoms with E-state index in [1.165, 1.54) is 36.4 Å². The molecule has 0 spiro atoms. The molecule has 9 heteroatoms. The maximum Gasteiger partial charge on any atom is 0.289 e. The molecular weight excluding hydrogens is 361 g/mol. The van der Waals surface area contributed by atoms with E-state index in [4.69, 9.17) is 0 Å². The normalized spacial score (nSPS) is 11.9. The highest BCUT2D eigenvalue weighted by molar-refractivity contribution is 7.89. The second-order valence-corrected chi connectivity index (χ2v) is 7.90. The van der Waals surface area contributed by atoms with Crippen molar-refractivity contribution in [3.63, 3.8) is 0 Å². The summed E-state index contributed by atoms with van der Waals surface area (Å²) in [6.07, 6.45) is 0.